The minimum atomic E-state index is -4.48. The van der Waals surface area contributed by atoms with Crippen molar-refractivity contribution in [3.63, 3.8) is 0 Å². The second kappa shape index (κ2) is 6.58. The third-order valence-electron chi connectivity index (χ3n) is 2.27. The molecule has 0 atom stereocenters. The molecule has 1 aromatic carbocycles. The highest BCUT2D eigenvalue weighted by Gasteiger charge is 2.34. The molecule has 0 aromatic heterocycles. The van der Waals surface area contributed by atoms with Gasteiger partial charge in [-0.05, 0) is 24.7 Å². The number of hydrogen-bond donors (Lipinski definition) is 1. The van der Waals surface area contributed by atoms with Crippen molar-refractivity contribution in [2.75, 3.05) is 20.3 Å². The van der Waals surface area contributed by atoms with Gasteiger partial charge in [0.25, 0.3) is 0 Å². The Bertz CT molecular complexity index is 379. The summed E-state index contributed by atoms with van der Waals surface area (Å²) in [5.74, 6) is -0.254. The molecule has 0 aliphatic heterocycles. The molecule has 0 aliphatic carbocycles. The van der Waals surface area contributed by atoms with Crippen molar-refractivity contribution in [1.82, 2.24) is 5.32 Å². The average molecular weight is 265 g/mol. The molecule has 2 nitrogen and oxygen atoms in total. The van der Waals surface area contributed by atoms with Crippen molar-refractivity contribution in [3.05, 3.63) is 29.3 Å². The van der Waals surface area contributed by atoms with Gasteiger partial charge in [-0.1, -0.05) is 6.07 Å². The molecule has 1 N–H and O–H groups in total. The summed E-state index contributed by atoms with van der Waals surface area (Å²) in [7, 11) is 1.65. The maximum Gasteiger partial charge on any atom is 0.419 e. The summed E-state index contributed by atoms with van der Waals surface area (Å²) in [5, 5.41) is 2.78. The second-order valence-corrected chi connectivity index (χ2v) is 3.75. The van der Waals surface area contributed by atoms with Crippen LogP contribution in [0.4, 0.5) is 17.6 Å². The molecule has 1 rings (SSSR count). The SMILES string of the molecule is CNCc1ccc(OCCCF)c(C(F)(F)F)c1. The fourth-order valence-corrected chi connectivity index (χ4v) is 1.48. The van der Waals surface area contributed by atoms with E-state index in [4.69, 9.17) is 4.74 Å². The van der Waals surface area contributed by atoms with Crippen LogP contribution >= 0.6 is 0 Å². The Labute approximate surface area is 103 Å². The molecule has 0 saturated heterocycles. The molecule has 6 heteroatoms. The smallest absolute Gasteiger partial charge is 0.419 e. The monoisotopic (exact) mass is 265 g/mol. The van der Waals surface area contributed by atoms with Crippen LogP contribution in [0.1, 0.15) is 17.5 Å². The van der Waals surface area contributed by atoms with E-state index in [2.05, 4.69) is 5.32 Å². The van der Waals surface area contributed by atoms with Gasteiger partial charge < -0.3 is 10.1 Å². The van der Waals surface area contributed by atoms with Crippen LogP contribution in [0.25, 0.3) is 0 Å². The first kappa shape index (κ1) is 14.8. The zero-order valence-electron chi connectivity index (χ0n) is 9.98. The zero-order chi connectivity index (χ0) is 13.6. The van der Waals surface area contributed by atoms with Crippen LogP contribution in [-0.4, -0.2) is 20.3 Å². The van der Waals surface area contributed by atoms with Gasteiger partial charge in [0.05, 0.1) is 18.8 Å². The van der Waals surface area contributed by atoms with Crippen LogP contribution in [0, 0.1) is 0 Å². The van der Waals surface area contributed by atoms with Crippen molar-refractivity contribution in [2.24, 2.45) is 0 Å². The molecule has 0 unspecified atom stereocenters. The Morgan fingerprint density at radius 2 is 2.00 bits per heavy atom. The Morgan fingerprint density at radius 1 is 1.28 bits per heavy atom. The summed E-state index contributed by atoms with van der Waals surface area (Å²) in [6.45, 7) is -0.335. The van der Waals surface area contributed by atoms with Crippen LogP contribution in [-0.2, 0) is 12.7 Å². The largest absolute Gasteiger partial charge is 0.493 e. The summed E-state index contributed by atoms with van der Waals surface area (Å²) >= 11 is 0. The van der Waals surface area contributed by atoms with Gasteiger partial charge in [0.15, 0.2) is 0 Å². The predicted molar refractivity (Wildman–Crippen MR) is 60.3 cm³/mol. The lowest BCUT2D eigenvalue weighted by molar-refractivity contribution is -0.139. The van der Waals surface area contributed by atoms with E-state index in [1.807, 2.05) is 0 Å². The normalized spacial score (nSPS) is 11.6. The molecule has 0 fully saturated rings. The molecule has 18 heavy (non-hydrogen) atoms. The first-order chi connectivity index (χ1) is 8.49. The average Bonchev–Trinajstić information content (AvgIpc) is 2.30. The number of halogens is 4. The van der Waals surface area contributed by atoms with Crippen LogP contribution in [0.2, 0.25) is 0 Å². The van der Waals surface area contributed by atoms with Gasteiger partial charge in [-0.25, -0.2) is 0 Å². The van der Waals surface area contributed by atoms with Crippen molar-refractivity contribution in [2.45, 2.75) is 19.1 Å². The van der Waals surface area contributed by atoms with Crippen molar-refractivity contribution in [1.29, 1.82) is 0 Å². The second-order valence-electron chi connectivity index (χ2n) is 3.75. The molecule has 0 bridgehead atoms. The lowest BCUT2D eigenvalue weighted by atomic mass is 10.1. The van der Waals surface area contributed by atoms with E-state index in [-0.39, 0.29) is 18.8 Å². The van der Waals surface area contributed by atoms with E-state index >= 15 is 0 Å². The molecule has 0 spiro atoms. The van der Waals surface area contributed by atoms with Gasteiger partial charge >= 0.3 is 6.18 Å². The highest BCUT2D eigenvalue weighted by atomic mass is 19.4. The number of ether oxygens (including phenoxy) is 1. The standard InChI is InChI=1S/C12H15F4NO/c1-17-8-9-3-4-11(18-6-2-5-13)10(7-9)12(14,15)16/h3-4,7,17H,2,5-6,8H2,1H3. The Kier molecular flexibility index (Phi) is 5.40. The number of hydrogen-bond acceptors (Lipinski definition) is 2. The van der Waals surface area contributed by atoms with Crippen molar-refractivity contribution in [3.8, 4) is 5.75 Å². The minimum Gasteiger partial charge on any atom is -0.493 e. The fourth-order valence-electron chi connectivity index (χ4n) is 1.48. The van der Waals surface area contributed by atoms with E-state index in [9.17, 15) is 17.6 Å². The molecule has 0 radical (unpaired) electrons. The molecule has 0 heterocycles. The topological polar surface area (TPSA) is 21.3 Å². The number of benzene rings is 1. The maximum atomic E-state index is 12.8. The summed E-state index contributed by atoms with van der Waals surface area (Å²) in [6, 6.07) is 3.87. The lowest BCUT2D eigenvalue weighted by Crippen LogP contribution is -2.12. The van der Waals surface area contributed by atoms with E-state index in [0.717, 1.165) is 6.07 Å². The highest BCUT2D eigenvalue weighted by molar-refractivity contribution is 5.39. The van der Waals surface area contributed by atoms with Crippen LogP contribution < -0.4 is 10.1 Å². The number of alkyl halides is 4. The third-order valence-corrected chi connectivity index (χ3v) is 2.27. The van der Waals surface area contributed by atoms with Gasteiger partial charge in [-0.15, -0.1) is 0 Å². The van der Waals surface area contributed by atoms with Gasteiger partial charge in [-0.3, -0.25) is 4.39 Å². The third kappa shape index (κ3) is 4.18. The van der Waals surface area contributed by atoms with Crippen LogP contribution in [0.3, 0.4) is 0 Å². The summed E-state index contributed by atoms with van der Waals surface area (Å²) in [6.07, 6.45) is -4.40. The summed E-state index contributed by atoms with van der Waals surface area (Å²) in [5.41, 5.74) is -0.309. The minimum absolute atomic E-state index is 0.0645. The lowest BCUT2D eigenvalue weighted by Gasteiger charge is -2.15. The Hall–Kier alpha value is -1.30. The number of nitrogens with one attached hydrogen (secondary N) is 1. The van der Waals surface area contributed by atoms with E-state index in [0.29, 0.717) is 12.1 Å². The Morgan fingerprint density at radius 3 is 2.56 bits per heavy atom. The van der Waals surface area contributed by atoms with Crippen molar-refractivity contribution >= 4 is 0 Å². The van der Waals surface area contributed by atoms with Gasteiger partial charge in [0.1, 0.15) is 5.75 Å². The zero-order valence-corrected chi connectivity index (χ0v) is 9.98. The maximum absolute atomic E-state index is 12.8. The van der Waals surface area contributed by atoms with E-state index < -0.39 is 18.4 Å². The highest BCUT2D eigenvalue weighted by Crippen LogP contribution is 2.36. The van der Waals surface area contributed by atoms with Crippen LogP contribution in [0.15, 0.2) is 18.2 Å². The molecular formula is C12H15F4NO. The molecule has 0 saturated carbocycles. The van der Waals surface area contributed by atoms with E-state index in [1.54, 1.807) is 13.1 Å². The number of rotatable bonds is 6. The molecule has 1 aromatic rings. The Balaban J connectivity index is 2.94. The summed E-state index contributed by atoms with van der Waals surface area (Å²) < 4.78 is 55.3. The van der Waals surface area contributed by atoms with E-state index in [1.165, 1.54) is 6.07 Å². The fraction of sp³-hybridized carbons (Fsp3) is 0.500. The van der Waals surface area contributed by atoms with Crippen molar-refractivity contribution < 1.29 is 22.3 Å². The van der Waals surface area contributed by atoms with Gasteiger partial charge in [0, 0.05) is 13.0 Å². The molecular weight excluding hydrogens is 250 g/mol. The quantitative estimate of drug-likeness (QED) is 0.630. The first-order valence-corrected chi connectivity index (χ1v) is 5.52. The predicted octanol–water partition coefficient (Wildman–Crippen LogP) is 3.16. The van der Waals surface area contributed by atoms with Gasteiger partial charge in [0.2, 0.25) is 0 Å². The van der Waals surface area contributed by atoms with Gasteiger partial charge in [-0.2, -0.15) is 13.2 Å². The molecule has 0 aliphatic rings. The molecule has 0 amide bonds. The summed E-state index contributed by atoms with van der Waals surface area (Å²) in [4.78, 5) is 0. The van der Waals surface area contributed by atoms with Crippen LogP contribution in [0.5, 0.6) is 5.75 Å². The first-order valence-electron chi connectivity index (χ1n) is 5.52. The molecule has 102 valence electrons.